The van der Waals surface area contributed by atoms with Gasteiger partial charge in [0.1, 0.15) is 5.75 Å². The molecule has 110 valence electrons. The van der Waals surface area contributed by atoms with Crippen molar-refractivity contribution in [2.75, 3.05) is 19.6 Å². The lowest BCUT2D eigenvalue weighted by Gasteiger charge is -2.39. The Labute approximate surface area is 122 Å². The van der Waals surface area contributed by atoms with E-state index in [0.29, 0.717) is 11.8 Å². The Kier molecular flexibility index (Phi) is 4.58. The van der Waals surface area contributed by atoms with Crippen molar-refractivity contribution in [2.24, 2.45) is 5.92 Å². The van der Waals surface area contributed by atoms with Crippen LogP contribution in [0.15, 0.2) is 24.3 Å². The van der Waals surface area contributed by atoms with Crippen LogP contribution in [0.3, 0.4) is 0 Å². The number of benzene rings is 1. The Morgan fingerprint density at radius 1 is 1.10 bits per heavy atom. The van der Waals surface area contributed by atoms with Gasteiger partial charge in [0.15, 0.2) is 0 Å². The molecule has 0 spiro atoms. The molecule has 0 bridgehead atoms. The molecule has 3 heteroatoms. The monoisotopic (exact) mass is 274 g/mol. The molecular weight excluding hydrogens is 248 g/mol. The lowest BCUT2D eigenvalue weighted by Crippen LogP contribution is -2.53. The van der Waals surface area contributed by atoms with Crippen LogP contribution in [0.1, 0.15) is 37.7 Å². The molecule has 1 saturated carbocycles. The molecule has 3 rings (SSSR count). The van der Waals surface area contributed by atoms with Gasteiger partial charge >= 0.3 is 0 Å². The summed E-state index contributed by atoms with van der Waals surface area (Å²) in [6.07, 6.45) is 7.08. The van der Waals surface area contributed by atoms with Gasteiger partial charge in [-0.05, 0) is 36.5 Å². The van der Waals surface area contributed by atoms with Crippen molar-refractivity contribution < 1.29 is 5.11 Å². The Hall–Kier alpha value is -1.06. The summed E-state index contributed by atoms with van der Waals surface area (Å²) in [6.45, 7) is 4.42. The van der Waals surface area contributed by atoms with Gasteiger partial charge in [0, 0.05) is 32.2 Å². The van der Waals surface area contributed by atoms with E-state index in [2.05, 4.69) is 10.2 Å². The summed E-state index contributed by atoms with van der Waals surface area (Å²) in [4.78, 5) is 2.56. The minimum absolute atomic E-state index is 0.356. The lowest BCUT2D eigenvalue weighted by atomic mass is 9.83. The first kappa shape index (κ1) is 13.9. The summed E-state index contributed by atoms with van der Waals surface area (Å²) in [7, 11) is 0. The molecule has 1 atom stereocenters. The van der Waals surface area contributed by atoms with Crippen LogP contribution in [-0.2, 0) is 6.54 Å². The molecule has 1 saturated heterocycles. The minimum atomic E-state index is 0.356. The summed E-state index contributed by atoms with van der Waals surface area (Å²) in [5.74, 6) is 1.24. The number of nitrogens with zero attached hydrogens (tertiary/aromatic N) is 1. The maximum Gasteiger partial charge on any atom is 0.115 e. The molecule has 0 radical (unpaired) electrons. The van der Waals surface area contributed by atoms with E-state index in [0.717, 1.165) is 25.6 Å². The number of aromatic hydroxyl groups is 1. The molecule has 1 unspecified atom stereocenters. The number of phenols is 1. The van der Waals surface area contributed by atoms with E-state index in [4.69, 9.17) is 0 Å². The van der Waals surface area contributed by atoms with Gasteiger partial charge in [0.05, 0.1) is 0 Å². The fourth-order valence-electron chi connectivity index (χ4n) is 3.70. The van der Waals surface area contributed by atoms with Gasteiger partial charge in [-0.2, -0.15) is 0 Å². The Bertz CT molecular complexity index is 412. The maximum absolute atomic E-state index is 9.35. The van der Waals surface area contributed by atoms with Crippen LogP contribution in [0.4, 0.5) is 0 Å². The quantitative estimate of drug-likeness (QED) is 0.889. The van der Waals surface area contributed by atoms with Gasteiger partial charge in [-0.15, -0.1) is 0 Å². The normalized spacial score (nSPS) is 25.7. The largest absolute Gasteiger partial charge is 0.508 e. The first-order valence-corrected chi connectivity index (χ1v) is 8.05. The molecule has 0 aromatic heterocycles. The van der Waals surface area contributed by atoms with Gasteiger partial charge in [0.25, 0.3) is 0 Å². The highest BCUT2D eigenvalue weighted by Crippen LogP contribution is 2.28. The Morgan fingerprint density at radius 2 is 1.85 bits per heavy atom. The average molecular weight is 274 g/mol. The summed E-state index contributed by atoms with van der Waals surface area (Å²) in [5, 5.41) is 13.1. The molecule has 3 nitrogen and oxygen atoms in total. The van der Waals surface area contributed by atoms with Crippen molar-refractivity contribution in [3.05, 3.63) is 29.8 Å². The molecule has 1 aromatic rings. The molecule has 20 heavy (non-hydrogen) atoms. The third kappa shape index (κ3) is 3.53. The van der Waals surface area contributed by atoms with E-state index in [1.807, 2.05) is 12.1 Å². The van der Waals surface area contributed by atoms with E-state index < -0.39 is 0 Å². The van der Waals surface area contributed by atoms with Crippen molar-refractivity contribution in [1.29, 1.82) is 0 Å². The number of piperazine rings is 1. The highest BCUT2D eigenvalue weighted by atomic mass is 16.3. The second-order valence-corrected chi connectivity index (χ2v) is 6.36. The first-order chi connectivity index (χ1) is 9.81. The van der Waals surface area contributed by atoms with Crippen molar-refractivity contribution >= 4 is 0 Å². The summed E-state index contributed by atoms with van der Waals surface area (Å²) < 4.78 is 0. The van der Waals surface area contributed by atoms with E-state index in [9.17, 15) is 5.11 Å². The highest BCUT2D eigenvalue weighted by molar-refractivity contribution is 5.25. The van der Waals surface area contributed by atoms with Crippen molar-refractivity contribution in [3.63, 3.8) is 0 Å². The number of rotatable bonds is 3. The topological polar surface area (TPSA) is 35.5 Å². The molecule has 1 aliphatic carbocycles. The van der Waals surface area contributed by atoms with Gasteiger partial charge in [0.2, 0.25) is 0 Å². The molecule has 2 fully saturated rings. The fourth-order valence-corrected chi connectivity index (χ4v) is 3.70. The zero-order valence-corrected chi connectivity index (χ0v) is 12.2. The third-order valence-electron chi connectivity index (χ3n) is 4.85. The second kappa shape index (κ2) is 6.59. The summed E-state index contributed by atoms with van der Waals surface area (Å²) in [6, 6.07) is 8.33. The average Bonchev–Trinajstić information content (AvgIpc) is 2.51. The number of phenolic OH excluding ortho intramolecular Hbond substituents is 1. The molecule has 1 heterocycles. The molecule has 2 N–H and O–H groups in total. The summed E-state index contributed by atoms with van der Waals surface area (Å²) in [5.41, 5.74) is 1.30. The molecule has 2 aliphatic rings. The van der Waals surface area contributed by atoms with Crippen LogP contribution in [0.5, 0.6) is 5.75 Å². The van der Waals surface area contributed by atoms with Crippen LogP contribution >= 0.6 is 0 Å². The van der Waals surface area contributed by atoms with E-state index in [1.54, 1.807) is 12.1 Å². The molecule has 0 amide bonds. The predicted octanol–water partition coefficient (Wildman–Crippen LogP) is 2.75. The SMILES string of the molecule is Oc1ccc(CN2CCNC(C3CCCCC3)C2)cc1. The Balaban J connectivity index is 1.56. The minimum Gasteiger partial charge on any atom is -0.508 e. The summed E-state index contributed by atoms with van der Waals surface area (Å²) >= 11 is 0. The van der Waals surface area contributed by atoms with E-state index in [-0.39, 0.29) is 0 Å². The van der Waals surface area contributed by atoms with Crippen molar-refractivity contribution in [3.8, 4) is 5.75 Å². The van der Waals surface area contributed by atoms with Gasteiger partial charge in [-0.25, -0.2) is 0 Å². The van der Waals surface area contributed by atoms with Crippen LogP contribution < -0.4 is 5.32 Å². The predicted molar refractivity (Wildman–Crippen MR) is 81.7 cm³/mol. The lowest BCUT2D eigenvalue weighted by molar-refractivity contribution is 0.141. The van der Waals surface area contributed by atoms with Gasteiger partial charge < -0.3 is 10.4 Å². The first-order valence-electron chi connectivity index (χ1n) is 8.05. The number of nitrogens with one attached hydrogen (secondary N) is 1. The Morgan fingerprint density at radius 3 is 2.60 bits per heavy atom. The standard InChI is InChI=1S/C17H26N2O/c20-16-8-6-14(7-9-16)12-19-11-10-18-17(13-19)15-4-2-1-3-5-15/h6-9,15,17-18,20H,1-5,10-13H2. The van der Waals surface area contributed by atoms with Gasteiger partial charge in [-0.1, -0.05) is 31.4 Å². The van der Waals surface area contributed by atoms with Gasteiger partial charge in [-0.3, -0.25) is 4.90 Å². The number of hydrogen-bond donors (Lipinski definition) is 2. The number of hydrogen-bond acceptors (Lipinski definition) is 3. The smallest absolute Gasteiger partial charge is 0.115 e. The van der Waals surface area contributed by atoms with E-state index in [1.165, 1.54) is 44.2 Å². The van der Waals surface area contributed by atoms with Crippen molar-refractivity contribution in [2.45, 2.75) is 44.7 Å². The zero-order chi connectivity index (χ0) is 13.8. The van der Waals surface area contributed by atoms with Crippen LogP contribution in [0, 0.1) is 5.92 Å². The van der Waals surface area contributed by atoms with Crippen LogP contribution in [0.2, 0.25) is 0 Å². The third-order valence-corrected chi connectivity index (χ3v) is 4.85. The highest BCUT2D eigenvalue weighted by Gasteiger charge is 2.27. The molecule has 1 aromatic carbocycles. The second-order valence-electron chi connectivity index (χ2n) is 6.36. The maximum atomic E-state index is 9.35. The van der Waals surface area contributed by atoms with Crippen LogP contribution in [-0.4, -0.2) is 35.7 Å². The van der Waals surface area contributed by atoms with Crippen LogP contribution in [0.25, 0.3) is 0 Å². The molecular formula is C17H26N2O. The van der Waals surface area contributed by atoms with E-state index >= 15 is 0 Å². The van der Waals surface area contributed by atoms with Crippen molar-refractivity contribution in [1.82, 2.24) is 10.2 Å². The molecule has 1 aliphatic heterocycles. The fraction of sp³-hybridized carbons (Fsp3) is 0.647. The zero-order valence-electron chi connectivity index (χ0n) is 12.2.